The quantitative estimate of drug-likeness (QED) is 0.337. The van der Waals surface area contributed by atoms with E-state index in [1.54, 1.807) is 11.3 Å². The average molecular weight is 441 g/mol. The molecule has 0 bridgehead atoms. The molecule has 0 aliphatic carbocycles. The van der Waals surface area contributed by atoms with Crippen molar-refractivity contribution in [3.8, 4) is 11.3 Å². The molecule has 2 heterocycles. The Bertz CT molecular complexity index is 1070. The third-order valence-electron chi connectivity index (χ3n) is 4.49. The van der Waals surface area contributed by atoms with Gasteiger partial charge in [-0.25, -0.2) is 4.57 Å². The van der Waals surface area contributed by atoms with Gasteiger partial charge in [0.05, 0.1) is 22.9 Å². The van der Waals surface area contributed by atoms with E-state index in [4.69, 9.17) is 5.11 Å². The summed E-state index contributed by atoms with van der Waals surface area (Å²) in [5.41, 5.74) is 4.32. The Kier molecular flexibility index (Phi) is 6.19. The maximum absolute atomic E-state index is 4.71. The fraction of sp³-hybridized carbons (Fsp3) is 0.190. The van der Waals surface area contributed by atoms with Gasteiger partial charge in [0.25, 0.3) is 0 Å². The number of para-hydroxylation sites is 1. The van der Waals surface area contributed by atoms with Crippen LogP contribution in [0.2, 0.25) is 0 Å². The number of rotatable bonds is 5. The molecule has 0 aliphatic rings. The summed E-state index contributed by atoms with van der Waals surface area (Å²) in [6.45, 7) is 3.13. The molecule has 4 aromatic rings. The summed E-state index contributed by atoms with van der Waals surface area (Å²) in [4.78, 5) is 0. The van der Waals surface area contributed by atoms with Crippen molar-refractivity contribution in [2.75, 3.05) is 0 Å². The maximum Gasteiger partial charge on any atom is 0.408 e. The molecule has 0 radical (unpaired) electrons. The van der Waals surface area contributed by atoms with Crippen LogP contribution in [-0.2, 0) is 13.6 Å². The number of aromatic nitrogens is 2. The van der Waals surface area contributed by atoms with E-state index in [2.05, 4.69) is 88.3 Å². The molecule has 0 saturated carbocycles. The summed E-state index contributed by atoms with van der Waals surface area (Å²) in [5, 5.41) is 13.4. The zero-order chi connectivity index (χ0) is 17.9. The Morgan fingerprint density at radius 2 is 1.74 bits per heavy atom. The number of nitrogens with zero attached hydrogens (tertiary/aromatic N) is 4. The minimum Gasteiger partial charge on any atom is -1.00 e. The van der Waals surface area contributed by atoms with Crippen molar-refractivity contribution in [2.45, 2.75) is 19.9 Å². The number of fused-ring (bicyclic) bond motifs is 1. The van der Waals surface area contributed by atoms with E-state index in [1.165, 1.54) is 0 Å². The summed E-state index contributed by atoms with van der Waals surface area (Å²) in [5.74, 6) is 0. The SMILES string of the molecule is CCC[n+]1ccsc1/N=N/c1c(-c2ccccc2)n(C)c2ccccc12.[Br-]. The zero-order valence-corrected chi connectivity index (χ0v) is 17.7. The zero-order valence-electron chi connectivity index (χ0n) is 15.3. The molecule has 27 heavy (non-hydrogen) atoms. The first kappa shape index (κ1) is 19.5. The second-order valence-electron chi connectivity index (χ2n) is 6.22. The number of benzene rings is 2. The standard InChI is InChI=1S/C21H21N4S.BrH/c1-3-13-25-14-15-26-21(25)23-22-19-17-11-7-8-12-18(17)24(2)20(19)16-9-5-4-6-10-16;/h4-12,14-15H,3,13H2,1-2H3;1H/q+1;/p-1. The van der Waals surface area contributed by atoms with Crippen LogP contribution in [-0.4, -0.2) is 4.57 Å². The minimum absolute atomic E-state index is 0. The van der Waals surface area contributed by atoms with Crippen molar-refractivity contribution in [3.63, 3.8) is 0 Å². The fourth-order valence-electron chi connectivity index (χ4n) is 3.28. The third-order valence-corrected chi connectivity index (χ3v) is 5.27. The number of thiazole rings is 1. The van der Waals surface area contributed by atoms with Gasteiger partial charge < -0.3 is 21.5 Å². The molecule has 0 N–H and O–H groups in total. The molecule has 0 atom stereocenters. The van der Waals surface area contributed by atoms with E-state index in [0.29, 0.717) is 0 Å². The van der Waals surface area contributed by atoms with Gasteiger partial charge in [-0.2, -0.15) is 0 Å². The normalized spacial score (nSPS) is 11.2. The van der Waals surface area contributed by atoms with Crippen LogP contribution in [0.4, 0.5) is 10.8 Å². The molecule has 4 rings (SSSR count). The number of hydrogen-bond acceptors (Lipinski definition) is 3. The Labute approximate surface area is 173 Å². The molecule has 2 aromatic heterocycles. The van der Waals surface area contributed by atoms with Gasteiger partial charge in [-0.3, -0.25) is 0 Å². The lowest BCUT2D eigenvalue weighted by molar-refractivity contribution is -0.680. The Morgan fingerprint density at radius 3 is 2.52 bits per heavy atom. The van der Waals surface area contributed by atoms with Crippen LogP contribution in [0.5, 0.6) is 0 Å². The number of hydrogen-bond donors (Lipinski definition) is 0. The largest absolute Gasteiger partial charge is 1.00 e. The van der Waals surface area contributed by atoms with E-state index >= 15 is 0 Å². The molecular weight excluding hydrogens is 420 g/mol. The first-order valence-electron chi connectivity index (χ1n) is 8.81. The molecule has 0 saturated heterocycles. The predicted octanol–water partition coefficient (Wildman–Crippen LogP) is 3.02. The van der Waals surface area contributed by atoms with Crippen LogP contribution in [0.25, 0.3) is 22.2 Å². The van der Waals surface area contributed by atoms with Crippen molar-refractivity contribution in [3.05, 3.63) is 66.2 Å². The van der Waals surface area contributed by atoms with Gasteiger partial charge in [0, 0.05) is 23.4 Å². The van der Waals surface area contributed by atoms with Crippen LogP contribution >= 0.6 is 11.3 Å². The molecular formula is C21H21BrN4S. The van der Waals surface area contributed by atoms with Crippen molar-refractivity contribution in [1.82, 2.24) is 4.57 Å². The molecule has 4 nitrogen and oxygen atoms in total. The minimum atomic E-state index is 0. The van der Waals surface area contributed by atoms with Crippen LogP contribution in [0.3, 0.4) is 0 Å². The highest BCUT2D eigenvalue weighted by Gasteiger charge is 2.19. The van der Waals surface area contributed by atoms with E-state index < -0.39 is 0 Å². The molecule has 0 spiro atoms. The Balaban J connectivity index is 0.00000210. The second-order valence-corrected chi connectivity index (χ2v) is 7.09. The third kappa shape index (κ3) is 3.73. The van der Waals surface area contributed by atoms with E-state index in [1.807, 2.05) is 6.07 Å². The van der Waals surface area contributed by atoms with Gasteiger partial charge in [-0.15, -0.1) is 0 Å². The summed E-state index contributed by atoms with van der Waals surface area (Å²) in [6.07, 6.45) is 3.15. The van der Waals surface area contributed by atoms with Crippen molar-refractivity contribution in [2.24, 2.45) is 17.3 Å². The molecule has 2 aromatic carbocycles. The monoisotopic (exact) mass is 440 g/mol. The average Bonchev–Trinajstić information content (AvgIpc) is 3.23. The summed E-state index contributed by atoms with van der Waals surface area (Å²) in [6, 6.07) is 18.8. The van der Waals surface area contributed by atoms with Crippen molar-refractivity contribution >= 4 is 33.1 Å². The van der Waals surface area contributed by atoms with Gasteiger partial charge in [-0.1, -0.05) is 55.5 Å². The predicted molar refractivity (Wildman–Crippen MR) is 107 cm³/mol. The van der Waals surface area contributed by atoms with Crippen LogP contribution in [0.1, 0.15) is 13.3 Å². The lowest BCUT2D eigenvalue weighted by atomic mass is 10.1. The summed E-state index contributed by atoms with van der Waals surface area (Å²) in [7, 11) is 2.09. The second kappa shape index (κ2) is 8.59. The van der Waals surface area contributed by atoms with Crippen LogP contribution in [0, 0.1) is 0 Å². The van der Waals surface area contributed by atoms with E-state index in [9.17, 15) is 0 Å². The molecule has 138 valence electrons. The van der Waals surface area contributed by atoms with E-state index in [-0.39, 0.29) is 17.0 Å². The molecule has 6 heteroatoms. The summed E-state index contributed by atoms with van der Waals surface area (Å²) < 4.78 is 4.36. The molecule has 0 unspecified atom stereocenters. The van der Waals surface area contributed by atoms with E-state index in [0.717, 1.165) is 45.9 Å². The smallest absolute Gasteiger partial charge is 0.408 e. The maximum atomic E-state index is 4.71. The molecule has 0 fully saturated rings. The topological polar surface area (TPSA) is 33.5 Å². The highest BCUT2D eigenvalue weighted by molar-refractivity contribution is 7.12. The van der Waals surface area contributed by atoms with Gasteiger partial charge in [0.2, 0.25) is 0 Å². The number of halogens is 1. The lowest BCUT2D eigenvalue weighted by Crippen LogP contribution is -3.00. The first-order valence-corrected chi connectivity index (χ1v) is 9.69. The highest BCUT2D eigenvalue weighted by atomic mass is 79.9. The van der Waals surface area contributed by atoms with Gasteiger partial charge >= 0.3 is 5.13 Å². The van der Waals surface area contributed by atoms with Gasteiger partial charge in [0.1, 0.15) is 11.9 Å². The fourth-order valence-corrected chi connectivity index (χ4v) is 3.99. The summed E-state index contributed by atoms with van der Waals surface area (Å²) >= 11 is 1.62. The lowest BCUT2D eigenvalue weighted by Gasteiger charge is -2.04. The highest BCUT2D eigenvalue weighted by Crippen LogP contribution is 2.40. The number of aryl methyl sites for hydroxylation is 2. The van der Waals surface area contributed by atoms with Crippen LogP contribution in [0.15, 0.2) is 76.4 Å². The Morgan fingerprint density at radius 1 is 1.00 bits per heavy atom. The first-order chi connectivity index (χ1) is 12.8. The van der Waals surface area contributed by atoms with Crippen LogP contribution < -0.4 is 21.5 Å². The van der Waals surface area contributed by atoms with Gasteiger partial charge in [-0.05, 0) is 28.9 Å². The molecule has 0 aliphatic heterocycles. The van der Waals surface area contributed by atoms with Crippen molar-refractivity contribution in [1.29, 1.82) is 0 Å². The van der Waals surface area contributed by atoms with Crippen molar-refractivity contribution < 1.29 is 21.5 Å². The molecule has 0 amide bonds. The Hall–Kier alpha value is -2.31. The van der Waals surface area contributed by atoms with Gasteiger partial charge in [0.15, 0.2) is 0 Å². The number of azo groups is 1.